The van der Waals surface area contributed by atoms with Gasteiger partial charge in [-0.1, -0.05) is 13.3 Å². The smallest absolute Gasteiger partial charge is 0.0187 e. The van der Waals surface area contributed by atoms with Gasteiger partial charge in [0.1, 0.15) is 0 Å². The second-order valence-corrected chi connectivity index (χ2v) is 2.92. The average molecular weight is 144 g/mol. The van der Waals surface area contributed by atoms with Gasteiger partial charge >= 0.3 is 0 Å². The molecule has 0 spiro atoms. The van der Waals surface area contributed by atoms with Crippen molar-refractivity contribution in [1.29, 1.82) is 0 Å². The Balaban J connectivity index is 3.31. The molecule has 2 N–H and O–H groups in total. The summed E-state index contributed by atoms with van der Waals surface area (Å²) in [7, 11) is 2.13. The molecule has 0 aromatic heterocycles. The maximum absolute atomic E-state index is 5.50. The van der Waals surface area contributed by atoms with Crippen molar-refractivity contribution in [2.75, 3.05) is 20.1 Å². The second kappa shape index (κ2) is 5.69. The van der Waals surface area contributed by atoms with Crippen molar-refractivity contribution in [3.63, 3.8) is 0 Å². The molecule has 1 atom stereocenters. The normalized spacial score (nSPS) is 14.1. The highest BCUT2D eigenvalue weighted by Gasteiger charge is 2.04. The molecule has 0 aromatic carbocycles. The van der Waals surface area contributed by atoms with Gasteiger partial charge < -0.3 is 10.6 Å². The third-order valence-corrected chi connectivity index (χ3v) is 1.96. The molecule has 0 bridgehead atoms. The summed E-state index contributed by atoms with van der Waals surface area (Å²) >= 11 is 0. The zero-order valence-electron chi connectivity index (χ0n) is 7.43. The van der Waals surface area contributed by atoms with Gasteiger partial charge in [0.2, 0.25) is 0 Å². The summed E-state index contributed by atoms with van der Waals surface area (Å²) in [6.07, 6.45) is 2.54. The fourth-order valence-corrected chi connectivity index (χ4v) is 0.808. The van der Waals surface area contributed by atoms with E-state index in [9.17, 15) is 0 Å². The molecule has 0 saturated heterocycles. The van der Waals surface area contributed by atoms with E-state index in [0.29, 0.717) is 6.04 Å². The predicted molar refractivity (Wildman–Crippen MR) is 46.1 cm³/mol. The summed E-state index contributed by atoms with van der Waals surface area (Å²) in [5.41, 5.74) is 5.50. The molecule has 0 heterocycles. The predicted octanol–water partition coefficient (Wildman–Crippen LogP) is 1.07. The first-order valence-electron chi connectivity index (χ1n) is 4.12. The first-order valence-corrected chi connectivity index (χ1v) is 4.12. The molecule has 0 fully saturated rings. The average Bonchev–Trinajstić information content (AvgIpc) is 1.98. The first-order chi connectivity index (χ1) is 4.72. The molecule has 0 aliphatic heterocycles. The minimum Gasteiger partial charge on any atom is -0.329 e. The number of unbranched alkanes of at least 4 members (excludes halogenated alkanes) is 1. The first kappa shape index (κ1) is 9.92. The Morgan fingerprint density at radius 2 is 2.10 bits per heavy atom. The van der Waals surface area contributed by atoms with Crippen molar-refractivity contribution in [2.45, 2.75) is 32.7 Å². The van der Waals surface area contributed by atoms with Gasteiger partial charge in [-0.05, 0) is 26.9 Å². The van der Waals surface area contributed by atoms with Crippen molar-refractivity contribution in [2.24, 2.45) is 5.73 Å². The van der Waals surface area contributed by atoms with Crippen LogP contribution in [0.4, 0.5) is 0 Å². The summed E-state index contributed by atoms with van der Waals surface area (Å²) in [6, 6.07) is 0.534. The van der Waals surface area contributed by atoms with Crippen LogP contribution in [0.2, 0.25) is 0 Å². The maximum Gasteiger partial charge on any atom is 0.0187 e. The minimum absolute atomic E-state index is 0.534. The lowest BCUT2D eigenvalue weighted by atomic mass is 10.2. The fourth-order valence-electron chi connectivity index (χ4n) is 0.808. The van der Waals surface area contributed by atoms with Gasteiger partial charge in [-0.15, -0.1) is 0 Å². The highest BCUT2D eigenvalue weighted by Crippen LogP contribution is 1.96. The van der Waals surface area contributed by atoms with Crippen molar-refractivity contribution in [3.05, 3.63) is 0 Å². The molecule has 0 radical (unpaired) electrons. The summed E-state index contributed by atoms with van der Waals surface area (Å²) < 4.78 is 0. The van der Waals surface area contributed by atoms with E-state index in [4.69, 9.17) is 5.73 Å². The molecule has 2 heteroatoms. The van der Waals surface area contributed by atoms with Crippen molar-refractivity contribution in [3.8, 4) is 0 Å². The number of hydrogen-bond donors (Lipinski definition) is 1. The van der Waals surface area contributed by atoms with Crippen LogP contribution in [-0.2, 0) is 0 Å². The van der Waals surface area contributed by atoms with E-state index in [1.54, 1.807) is 0 Å². The van der Waals surface area contributed by atoms with Gasteiger partial charge in [-0.25, -0.2) is 0 Å². The lowest BCUT2D eigenvalue weighted by Gasteiger charge is -2.22. The highest BCUT2D eigenvalue weighted by molar-refractivity contribution is 4.62. The van der Waals surface area contributed by atoms with Crippen LogP contribution in [0.15, 0.2) is 0 Å². The monoisotopic (exact) mass is 144 g/mol. The number of nitrogens with two attached hydrogens (primary N) is 1. The molecule has 0 aromatic rings. The maximum atomic E-state index is 5.50. The molecule has 2 nitrogen and oxygen atoms in total. The van der Waals surface area contributed by atoms with E-state index < -0.39 is 0 Å². The highest BCUT2D eigenvalue weighted by atomic mass is 15.1. The third-order valence-electron chi connectivity index (χ3n) is 1.96. The van der Waals surface area contributed by atoms with E-state index in [2.05, 4.69) is 25.8 Å². The summed E-state index contributed by atoms with van der Waals surface area (Å²) in [5, 5.41) is 0. The lowest BCUT2D eigenvalue weighted by Crippen LogP contribution is -2.35. The summed E-state index contributed by atoms with van der Waals surface area (Å²) in [6.45, 7) is 6.31. The molecule has 0 saturated carbocycles. The largest absolute Gasteiger partial charge is 0.329 e. The molecule has 0 aliphatic carbocycles. The molecule has 0 aliphatic rings. The number of hydrogen-bond acceptors (Lipinski definition) is 2. The standard InChI is InChI=1S/C8H20N2/c1-4-5-6-10(3)8(2)7-9/h8H,4-7,9H2,1-3H3/t8-/m1/s1. The van der Waals surface area contributed by atoms with Crippen LogP contribution in [0, 0.1) is 0 Å². The fraction of sp³-hybridized carbons (Fsp3) is 1.00. The molecule has 0 unspecified atom stereocenters. The third kappa shape index (κ3) is 3.85. The van der Waals surface area contributed by atoms with Crippen LogP contribution < -0.4 is 5.73 Å². The van der Waals surface area contributed by atoms with Gasteiger partial charge in [-0.3, -0.25) is 0 Å². The van der Waals surface area contributed by atoms with E-state index in [1.165, 1.54) is 19.4 Å². The molecule has 62 valence electrons. The molecular formula is C8H20N2. The van der Waals surface area contributed by atoms with Gasteiger partial charge in [0, 0.05) is 12.6 Å². The zero-order chi connectivity index (χ0) is 7.98. The van der Waals surface area contributed by atoms with Crippen LogP contribution in [0.5, 0.6) is 0 Å². The van der Waals surface area contributed by atoms with E-state index >= 15 is 0 Å². The molecule has 10 heavy (non-hydrogen) atoms. The summed E-state index contributed by atoms with van der Waals surface area (Å²) in [4.78, 5) is 2.31. The van der Waals surface area contributed by atoms with Crippen molar-refractivity contribution in [1.82, 2.24) is 4.90 Å². The Morgan fingerprint density at radius 1 is 1.50 bits per heavy atom. The van der Waals surface area contributed by atoms with Crippen LogP contribution in [0.25, 0.3) is 0 Å². The Morgan fingerprint density at radius 3 is 2.50 bits per heavy atom. The Hall–Kier alpha value is -0.0800. The van der Waals surface area contributed by atoms with E-state index in [0.717, 1.165) is 6.54 Å². The molecule has 0 rings (SSSR count). The second-order valence-electron chi connectivity index (χ2n) is 2.92. The Kier molecular flexibility index (Phi) is 5.64. The van der Waals surface area contributed by atoms with Crippen LogP contribution >= 0.6 is 0 Å². The molecular weight excluding hydrogens is 124 g/mol. The SMILES string of the molecule is CCCCN(C)[C@H](C)CN. The van der Waals surface area contributed by atoms with Crippen LogP contribution in [-0.4, -0.2) is 31.1 Å². The van der Waals surface area contributed by atoms with E-state index in [-0.39, 0.29) is 0 Å². The van der Waals surface area contributed by atoms with Gasteiger partial charge in [0.25, 0.3) is 0 Å². The topological polar surface area (TPSA) is 29.3 Å². The van der Waals surface area contributed by atoms with Gasteiger partial charge in [0.15, 0.2) is 0 Å². The quantitative estimate of drug-likeness (QED) is 0.625. The lowest BCUT2D eigenvalue weighted by molar-refractivity contribution is 0.259. The van der Waals surface area contributed by atoms with Crippen molar-refractivity contribution >= 4 is 0 Å². The van der Waals surface area contributed by atoms with Gasteiger partial charge in [0.05, 0.1) is 0 Å². The van der Waals surface area contributed by atoms with Crippen LogP contribution in [0.1, 0.15) is 26.7 Å². The number of likely N-dealkylation sites (N-methyl/N-ethyl adjacent to an activating group) is 1. The molecule has 0 amide bonds. The van der Waals surface area contributed by atoms with Gasteiger partial charge in [-0.2, -0.15) is 0 Å². The van der Waals surface area contributed by atoms with E-state index in [1.807, 2.05) is 0 Å². The number of rotatable bonds is 5. The minimum atomic E-state index is 0.534. The number of nitrogens with zero attached hydrogens (tertiary/aromatic N) is 1. The Labute approximate surface area is 64.4 Å². The van der Waals surface area contributed by atoms with Crippen LogP contribution in [0.3, 0.4) is 0 Å². The van der Waals surface area contributed by atoms with Crippen molar-refractivity contribution < 1.29 is 0 Å². The summed E-state index contributed by atoms with van der Waals surface area (Å²) in [5.74, 6) is 0. The Bertz CT molecular complexity index is 73.7. The zero-order valence-corrected chi connectivity index (χ0v) is 7.43.